The number of rotatable bonds is 8. The summed E-state index contributed by atoms with van der Waals surface area (Å²) >= 11 is 0. The third kappa shape index (κ3) is 6.61. The number of alkyl carbamates (subject to hydrolysis) is 1. The van der Waals surface area contributed by atoms with E-state index in [1.807, 2.05) is 69.3 Å². The monoisotopic (exact) mass is 433 g/mol. The van der Waals surface area contributed by atoms with Gasteiger partial charge in [0, 0.05) is 12.1 Å². The Morgan fingerprint density at radius 2 is 1.81 bits per heavy atom. The van der Waals surface area contributed by atoms with Crippen LogP contribution in [0.4, 0.5) is 4.79 Å². The number of carbonyl (C=O) groups is 1. The van der Waals surface area contributed by atoms with Crippen LogP contribution in [0.15, 0.2) is 48.5 Å². The third-order valence-corrected chi connectivity index (χ3v) is 4.23. The first-order chi connectivity index (χ1) is 15.4. The van der Waals surface area contributed by atoms with Crippen molar-refractivity contribution in [3.05, 3.63) is 48.5 Å². The van der Waals surface area contributed by atoms with Crippen LogP contribution in [-0.2, 0) is 4.74 Å². The van der Waals surface area contributed by atoms with Crippen molar-refractivity contribution in [2.45, 2.75) is 32.8 Å². The molecule has 2 aromatic carbocycles. The zero-order chi connectivity index (χ0) is 23.0. The Kier molecular flexibility index (Phi) is 7.50. The summed E-state index contributed by atoms with van der Waals surface area (Å²) in [6.45, 7) is 6.51. The number of benzene rings is 2. The molecule has 0 aliphatic carbocycles. The fraction of sp³-hybridized carbons (Fsp3) is 0.320. The molecule has 0 saturated heterocycles. The normalized spacial score (nSPS) is 10.9. The predicted octanol–water partition coefficient (Wildman–Crippen LogP) is 4.60. The molecule has 3 aromatic rings. The van der Waals surface area contributed by atoms with Crippen LogP contribution in [0.5, 0.6) is 11.6 Å². The van der Waals surface area contributed by atoms with Crippen LogP contribution in [0.25, 0.3) is 22.3 Å². The molecule has 0 aliphatic heterocycles. The summed E-state index contributed by atoms with van der Waals surface area (Å²) in [5.74, 6) is 4.17. The fourth-order valence-corrected chi connectivity index (χ4v) is 2.86. The number of nitrogens with one attached hydrogen (secondary N) is 1. The Morgan fingerprint density at radius 3 is 2.53 bits per heavy atom. The van der Waals surface area contributed by atoms with Gasteiger partial charge in [-0.1, -0.05) is 18.1 Å². The molecule has 1 heterocycles. The molecule has 32 heavy (non-hydrogen) atoms. The third-order valence-electron chi connectivity index (χ3n) is 4.23. The van der Waals surface area contributed by atoms with Crippen molar-refractivity contribution in [1.82, 2.24) is 15.3 Å². The molecule has 0 fully saturated rings. The van der Waals surface area contributed by atoms with Gasteiger partial charge >= 0.3 is 6.09 Å². The van der Waals surface area contributed by atoms with Crippen molar-refractivity contribution in [3.63, 3.8) is 0 Å². The Bertz CT molecular complexity index is 1100. The summed E-state index contributed by atoms with van der Waals surface area (Å²) in [6.07, 6.45) is 5.39. The summed E-state index contributed by atoms with van der Waals surface area (Å²) in [7, 11) is 0. The second-order valence-corrected chi connectivity index (χ2v) is 8.02. The number of ether oxygens (including phenoxy) is 3. The Hall–Kier alpha value is -3.79. The number of hydrogen-bond acceptors (Lipinski definition) is 6. The summed E-state index contributed by atoms with van der Waals surface area (Å²) in [5, 5.41) is 3.55. The Morgan fingerprint density at radius 1 is 1.06 bits per heavy atom. The topological polar surface area (TPSA) is 82.6 Å². The zero-order valence-corrected chi connectivity index (χ0v) is 18.6. The van der Waals surface area contributed by atoms with Gasteiger partial charge in [-0.25, -0.2) is 9.78 Å². The highest BCUT2D eigenvalue weighted by molar-refractivity contribution is 5.85. The van der Waals surface area contributed by atoms with Crippen LogP contribution in [0.3, 0.4) is 0 Å². The standard InChI is InChI=1S/C25H27N3O4/c1-5-16-30-19-13-11-18(12-14-19)22-27-21-10-7-6-9-20(21)23(28-22)31-17-8-15-26-24(29)32-25(2,3)4/h1,6-7,9-14H,8,15-17H2,2-4H3,(H,26,29). The van der Waals surface area contributed by atoms with Gasteiger partial charge < -0.3 is 19.5 Å². The molecular formula is C25H27N3O4. The molecule has 166 valence electrons. The van der Waals surface area contributed by atoms with E-state index in [9.17, 15) is 4.79 Å². The molecule has 0 radical (unpaired) electrons. The lowest BCUT2D eigenvalue weighted by Gasteiger charge is -2.19. The highest BCUT2D eigenvalue weighted by Gasteiger charge is 2.15. The van der Waals surface area contributed by atoms with E-state index in [1.165, 1.54) is 0 Å². The van der Waals surface area contributed by atoms with Gasteiger partial charge in [0.05, 0.1) is 17.5 Å². The maximum atomic E-state index is 11.7. The quantitative estimate of drug-likeness (QED) is 0.413. The van der Waals surface area contributed by atoms with E-state index in [4.69, 9.17) is 20.6 Å². The van der Waals surface area contributed by atoms with Gasteiger partial charge in [0.25, 0.3) is 0 Å². The molecule has 7 heteroatoms. The summed E-state index contributed by atoms with van der Waals surface area (Å²) in [4.78, 5) is 21.0. The lowest BCUT2D eigenvalue weighted by molar-refractivity contribution is 0.0525. The van der Waals surface area contributed by atoms with Crippen LogP contribution in [-0.4, -0.2) is 41.4 Å². The van der Waals surface area contributed by atoms with Crippen molar-refractivity contribution in [2.24, 2.45) is 0 Å². The lowest BCUT2D eigenvalue weighted by atomic mass is 10.2. The maximum Gasteiger partial charge on any atom is 0.407 e. The number of aromatic nitrogens is 2. The van der Waals surface area contributed by atoms with E-state index < -0.39 is 11.7 Å². The van der Waals surface area contributed by atoms with Crippen LogP contribution < -0.4 is 14.8 Å². The number of hydrogen-bond donors (Lipinski definition) is 1. The minimum absolute atomic E-state index is 0.215. The van der Waals surface area contributed by atoms with Gasteiger partial charge in [0.15, 0.2) is 5.82 Å². The van der Waals surface area contributed by atoms with Crippen molar-refractivity contribution in [1.29, 1.82) is 0 Å². The first kappa shape index (κ1) is 22.9. The molecule has 3 rings (SSSR count). The molecular weight excluding hydrogens is 406 g/mol. The SMILES string of the molecule is C#CCOc1ccc(-c2nc(OCCCNC(=O)OC(C)(C)C)c3ccccc3n2)cc1. The van der Waals surface area contributed by atoms with Gasteiger partial charge in [0.2, 0.25) is 5.88 Å². The van der Waals surface area contributed by atoms with Crippen molar-refractivity contribution >= 4 is 17.0 Å². The minimum atomic E-state index is -0.525. The highest BCUT2D eigenvalue weighted by atomic mass is 16.6. The summed E-state index contributed by atoms with van der Waals surface area (Å²) in [5.41, 5.74) is 1.09. The van der Waals surface area contributed by atoms with Crippen LogP contribution in [0.1, 0.15) is 27.2 Å². The average Bonchev–Trinajstić information content (AvgIpc) is 2.76. The van der Waals surface area contributed by atoms with E-state index in [-0.39, 0.29) is 6.61 Å². The Labute approximate surface area is 188 Å². The molecule has 0 spiro atoms. The first-order valence-corrected chi connectivity index (χ1v) is 10.4. The number of fused-ring (bicyclic) bond motifs is 1. The molecule has 7 nitrogen and oxygen atoms in total. The van der Waals surface area contributed by atoms with Crippen LogP contribution in [0.2, 0.25) is 0 Å². The second-order valence-electron chi connectivity index (χ2n) is 8.02. The second kappa shape index (κ2) is 10.5. The number of nitrogens with zero attached hydrogens (tertiary/aromatic N) is 2. The predicted molar refractivity (Wildman–Crippen MR) is 124 cm³/mol. The van der Waals surface area contributed by atoms with Crippen molar-refractivity contribution < 1.29 is 19.0 Å². The molecule has 0 aliphatic rings. The van der Waals surface area contributed by atoms with Crippen LogP contribution >= 0.6 is 0 Å². The van der Waals surface area contributed by atoms with Crippen molar-refractivity contribution in [3.8, 4) is 35.4 Å². The van der Waals surface area contributed by atoms with E-state index in [2.05, 4.69) is 21.2 Å². The van der Waals surface area contributed by atoms with Gasteiger partial charge in [-0.15, -0.1) is 6.42 Å². The largest absolute Gasteiger partial charge is 0.481 e. The lowest BCUT2D eigenvalue weighted by Crippen LogP contribution is -2.33. The van der Waals surface area contributed by atoms with Gasteiger partial charge in [0.1, 0.15) is 18.0 Å². The molecule has 0 saturated carbocycles. The molecule has 0 bridgehead atoms. The number of terminal acetylenes is 1. The van der Waals surface area contributed by atoms with E-state index in [1.54, 1.807) is 0 Å². The van der Waals surface area contributed by atoms with E-state index >= 15 is 0 Å². The Balaban J connectivity index is 1.67. The number of para-hydroxylation sites is 1. The van der Waals surface area contributed by atoms with Gasteiger partial charge in [-0.2, -0.15) is 4.98 Å². The van der Waals surface area contributed by atoms with Gasteiger partial charge in [-0.05, 0) is 63.6 Å². The van der Waals surface area contributed by atoms with E-state index in [0.29, 0.717) is 37.0 Å². The minimum Gasteiger partial charge on any atom is -0.481 e. The molecule has 1 aromatic heterocycles. The number of amides is 1. The highest BCUT2D eigenvalue weighted by Crippen LogP contribution is 2.27. The average molecular weight is 434 g/mol. The first-order valence-electron chi connectivity index (χ1n) is 10.4. The molecule has 1 N–H and O–H groups in total. The van der Waals surface area contributed by atoms with Gasteiger partial charge in [-0.3, -0.25) is 0 Å². The number of carbonyl (C=O) groups excluding carboxylic acids is 1. The van der Waals surface area contributed by atoms with Crippen LogP contribution in [0, 0.1) is 12.3 Å². The zero-order valence-electron chi connectivity index (χ0n) is 18.6. The summed E-state index contributed by atoms with van der Waals surface area (Å²) < 4.78 is 16.6. The van der Waals surface area contributed by atoms with Crippen molar-refractivity contribution in [2.75, 3.05) is 19.8 Å². The molecule has 0 unspecified atom stereocenters. The summed E-state index contributed by atoms with van der Waals surface area (Å²) in [6, 6.07) is 15.1. The van der Waals surface area contributed by atoms with E-state index in [0.717, 1.165) is 16.5 Å². The smallest absolute Gasteiger partial charge is 0.407 e. The fourth-order valence-electron chi connectivity index (χ4n) is 2.86. The molecule has 0 atom stereocenters. The molecule has 1 amide bonds. The maximum absolute atomic E-state index is 11.7.